The fourth-order valence-electron chi connectivity index (χ4n) is 2.59. The highest BCUT2D eigenvalue weighted by atomic mass is 19.4. The number of alkyl carbamates (subject to hydrolysis) is 1. The Kier molecular flexibility index (Phi) is 4.89. The van der Waals surface area contributed by atoms with Crippen LogP contribution in [0.1, 0.15) is 37.8 Å². The van der Waals surface area contributed by atoms with Gasteiger partial charge in [-0.3, -0.25) is 0 Å². The average molecular weight is 330 g/mol. The first-order valence-electron chi connectivity index (χ1n) is 7.43. The fourth-order valence-corrected chi connectivity index (χ4v) is 2.59. The van der Waals surface area contributed by atoms with Crippen molar-refractivity contribution in [3.8, 4) is 0 Å². The van der Waals surface area contributed by atoms with Crippen LogP contribution in [-0.2, 0) is 10.9 Å². The summed E-state index contributed by atoms with van der Waals surface area (Å²) < 4.78 is 43.7. The van der Waals surface area contributed by atoms with Gasteiger partial charge in [0.15, 0.2) is 0 Å². The molecule has 4 nitrogen and oxygen atoms in total. The van der Waals surface area contributed by atoms with Crippen molar-refractivity contribution in [1.82, 2.24) is 10.6 Å². The van der Waals surface area contributed by atoms with Crippen LogP contribution in [0.5, 0.6) is 0 Å². The minimum Gasteiger partial charge on any atom is -0.444 e. The highest BCUT2D eigenvalue weighted by Crippen LogP contribution is 2.32. The number of hydrogen-bond acceptors (Lipinski definition) is 3. The van der Waals surface area contributed by atoms with Crippen molar-refractivity contribution in [1.29, 1.82) is 0 Å². The predicted octanol–water partition coefficient (Wildman–Crippen LogP) is 3.29. The first kappa shape index (κ1) is 17.6. The number of hydrogen-bond donors (Lipinski definition) is 2. The lowest BCUT2D eigenvalue weighted by molar-refractivity contribution is -0.137. The Hall–Kier alpha value is -1.76. The maximum Gasteiger partial charge on any atom is 0.416 e. The van der Waals surface area contributed by atoms with Crippen molar-refractivity contribution in [2.45, 2.75) is 44.5 Å². The zero-order valence-corrected chi connectivity index (χ0v) is 13.3. The lowest BCUT2D eigenvalue weighted by atomic mass is 9.93. The molecule has 0 unspecified atom stereocenters. The van der Waals surface area contributed by atoms with Crippen LogP contribution in [0.25, 0.3) is 0 Å². The summed E-state index contributed by atoms with van der Waals surface area (Å²) in [6.45, 7) is 6.25. The molecule has 2 rings (SSSR count). The van der Waals surface area contributed by atoms with Gasteiger partial charge in [0.1, 0.15) is 5.60 Å². The maximum atomic E-state index is 12.8. The number of rotatable bonds is 2. The molecule has 1 aliphatic rings. The molecule has 0 aromatic heterocycles. The van der Waals surface area contributed by atoms with E-state index in [9.17, 15) is 18.0 Å². The Morgan fingerprint density at radius 2 is 1.96 bits per heavy atom. The van der Waals surface area contributed by atoms with Crippen LogP contribution in [0.15, 0.2) is 24.3 Å². The molecule has 1 aromatic rings. The molecule has 2 N–H and O–H groups in total. The van der Waals surface area contributed by atoms with Crippen LogP contribution in [0.3, 0.4) is 0 Å². The summed E-state index contributed by atoms with van der Waals surface area (Å²) in [7, 11) is 0. The van der Waals surface area contributed by atoms with Gasteiger partial charge in [-0.25, -0.2) is 4.79 Å². The van der Waals surface area contributed by atoms with E-state index in [-0.39, 0.29) is 12.0 Å². The number of carbonyl (C=O) groups excluding carboxylic acids is 1. The van der Waals surface area contributed by atoms with Crippen molar-refractivity contribution in [2.75, 3.05) is 13.1 Å². The van der Waals surface area contributed by atoms with Crippen molar-refractivity contribution < 1.29 is 22.7 Å². The Morgan fingerprint density at radius 3 is 2.57 bits per heavy atom. The van der Waals surface area contributed by atoms with Crippen LogP contribution in [0.2, 0.25) is 0 Å². The van der Waals surface area contributed by atoms with Crippen molar-refractivity contribution in [3.05, 3.63) is 35.4 Å². The van der Waals surface area contributed by atoms with E-state index in [4.69, 9.17) is 4.74 Å². The predicted molar refractivity (Wildman–Crippen MR) is 80.2 cm³/mol. The van der Waals surface area contributed by atoms with Crippen molar-refractivity contribution in [3.63, 3.8) is 0 Å². The lowest BCUT2D eigenvalue weighted by Crippen LogP contribution is -2.42. The first-order valence-corrected chi connectivity index (χ1v) is 7.43. The highest BCUT2D eigenvalue weighted by molar-refractivity contribution is 5.68. The molecule has 1 heterocycles. The second kappa shape index (κ2) is 6.39. The van der Waals surface area contributed by atoms with Crippen molar-refractivity contribution in [2.24, 2.45) is 0 Å². The Morgan fingerprint density at radius 1 is 1.26 bits per heavy atom. The van der Waals surface area contributed by atoms with Gasteiger partial charge in [0.25, 0.3) is 0 Å². The molecule has 7 heteroatoms. The molecule has 0 aliphatic carbocycles. The van der Waals surface area contributed by atoms with Gasteiger partial charge in [-0.05, 0) is 32.4 Å². The van der Waals surface area contributed by atoms with Crippen molar-refractivity contribution >= 4 is 6.09 Å². The quantitative estimate of drug-likeness (QED) is 0.875. The van der Waals surface area contributed by atoms with Gasteiger partial charge in [-0.15, -0.1) is 0 Å². The third kappa shape index (κ3) is 4.86. The maximum absolute atomic E-state index is 12.8. The molecule has 2 atom stereocenters. The summed E-state index contributed by atoms with van der Waals surface area (Å²) in [5.74, 6) is -0.232. The summed E-state index contributed by atoms with van der Waals surface area (Å²) in [6, 6.07) is 4.91. The number of amides is 1. The molecule has 23 heavy (non-hydrogen) atoms. The van der Waals surface area contributed by atoms with Crippen LogP contribution >= 0.6 is 0 Å². The monoisotopic (exact) mass is 330 g/mol. The van der Waals surface area contributed by atoms with Crippen LogP contribution in [0, 0.1) is 0 Å². The number of alkyl halides is 3. The Labute approximate surface area is 133 Å². The van der Waals surface area contributed by atoms with Gasteiger partial charge in [0.2, 0.25) is 0 Å². The van der Waals surface area contributed by atoms with Crippen LogP contribution < -0.4 is 10.6 Å². The van der Waals surface area contributed by atoms with E-state index in [1.165, 1.54) is 6.07 Å². The average Bonchev–Trinajstić information content (AvgIpc) is 2.83. The number of halogens is 3. The van der Waals surface area contributed by atoms with E-state index < -0.39 is 23.4 Å². The number of nitrogens with one attached hydrogen (secondary N) is 2. The molecule has 0 saturated carbocycles. The molecular weight excluding hydrogens is 309 g/mol. The molecule has 1 aliphatic heterocycles. The van der Waals surface area contributed by atoms with Gasteiger partial charge >= 0.3 is 12.3 Å². The first-order chi connectivity index (χ1) is 10.6. The topological polar surface area (TPSA) is 50.4 Å². The fraction of sp³-hybridized carbons (Fsp3) is 0.562. The van der Waals surface area contributed by atoms with E-state index in [1.807, 2.05) is 0 Å². The molecule has 1 saturated heterocycles. The van der Waals surface area contributed by atoms with E-state index >= 15 is 0 Å². The van der Waals surface area contributed by atoms with E-state index in [2.05, 4.69) is 10.6 Å². The molecule has 0 spiro atoms. The second-order valence-corrected chi connectivity index (χ2v) is 6.64. The SMILES string of the molecule is CC(C)(C)OC(=O)N[C@H]1CNC[C@@H]1c1cccc(C(F)(F)F)c1. The molecule has 0 radical (unpaired) electrons. The largest absolute Gasteiger partial charge is 0.444 e. The third-order valence-corrected chi connectivity index (χ3v) is 3.56. The number of carbonyl (C=O) groups is 1. The van der Waals surface area contributed by atoms with Crippen LogP contribution in [0.4, 0.5) is 18.0 Å². The third-order valence-electron chi connectivity index (χ3n) is 3.56. The Balaban J connectivity index is 2.11. The summed E-state index contributed by atoms with van der Waals surface area (Å²) >= 11 is 0. The van der Waals surface area contributed by atoms with Gasteiger partial charge in [0.05, 0.1) is 11.6 Å². The molecule has 128 valence electrons. The standard InChI is InChI=1S/C16H21F3N2O2/c1-15(2,3)23-14(22)21-13-9-20-8-12(13)10-5-4-6-11(7-10)16(17,18)19/h4-7,12-13,20H,8-9H2,1-3H3,(H,21,22)/t12-,13+/m1/s1. The molecule has 1 aromatic carbocycles. The van der Waals surface area contributed by atoms with Gasteiger partial charge in [0, 0.05) is 19.0 Å². The summed E-state index contributed by atoms with van der Waals surface area (Å²) in [5, 5.41) is 5.83. The zero-order valence-electron chi connectivity index (χ0n) is 13.3. The zero-order chi connectivity index (χ0) is 17.3. The van der Waals surface area contributed by atoms with Gasteiger partial charge < -0.3 is 15.4 Å². The number of benzene rings is 1. The second-order valence-electron chi connectivity index (χ2n) is 6.64. The Bertz CT molecular complexity index is 567. The van der Waals surface area contributed by atoms with Crippen LogP contribution in [-0.4, -0.2) is 30.8 Å². The smallest absolute Gasteiger partial charge is 0.416 e. The van der Waals surface area contributed by atoms with E-state index in [1.54, 1.807) is 26.8 Å². The summed E-state index contributed by atoms with van der Waals surface area (Å²) in [5.41, 5.74) is -0.759. The molecular formula is C16H21F3N2O2. The minimum atomic E-state index is -4.38. The lowest BCUT2D eigenvalue weighted by Gasteiger charge is -2.24. The summed E-state index contributed by atoms with van der Waals surface area (Å²) in [6.07, 6.45) is -4.95. The minimum absolute atomic E-state index is 0.232. The highest BCUT2D eigenvalue weighted by Gasteiger charge is 2.34. The molecule has 1 amide bonds. The number of ether oxygens (including phenoxy) is 1. The van der Waals surface area contributed by atoms with E-state index in [0.717, 1.165) is 12.1 Å². The summed E-state index contributed by atoms with van der Waals surface area (Å²) in [4.78, 5) is 11.9. The molecule has 1 fully saturated rings. The molecule has 0 bridgehead atoms. The normalized spacial score (nSPS) is 22.0. The van der Waals surface area contributed by atoms with Gasteiger partial charge in [-0.2, -0.15) is 13.2 Å². The van der Waals surface area contributed by atoms with E-state index in [0.29, 0.717) is 18.7 Å². The van der Waals surface area contributed by atoms with Gasteiger partial charge in [-0.1, -0.05) is 18.2 Å².